The van der Waals surface area contributed by atoms with Crippen LogP contribution in [0.25, 0.3) is 0 Å². The molecule has 0 aromatic heterocycles. The van der Waals surface area contributed by atoms with E-state index in [0.717, 1.165) is 24.5 Å². The van der Waals surface area contributed by atoms with Gasteiger partial charge in [0.05, 0.1) is 18.8 Å². The van der Waals surface area contributed by atoms with Crippen molar-refractivity contribution in [2.75, 3.05) is 30.6 Å². The standard InChI is InChI=1S/C9H20O2S2/c1-8(11-5-7-13-3)9(10)4-6-12-2/h8-10H,4-7H2,1-3H3. The molecular formula is C9H20O2S2. The summed E-state index contributed by atoms with van der Waals surface area (Å²) in [6, 6.07) is 0. The Labute approximate surface area is 89.8 Å². The quantitative estimate of drug-likeness (QED) is 0.637. The lowest BCUT2D eigenvalue weighted by Gasteiger charge is -2.18. The molecule has 0 heterocycles. The fraction of sp³-hybridized carbons (Fsp3) is 1.00. The largest absolute Gasteiger partial charge is 0.390 e. The fourth-order valence-electron chi connectivity index (χ4n) is 0.902. The van der Waals surface area contributed by atoms with Crippen molar-refractivity contribution in [3.63, 3.8) is 0 Å². The molecule has 0 aromatic carbocycles. The lowest BCUT2D eigenvalue weighted by Crippen LogP contribution is -2.27. The number of aliphatic hydroxyl groups is 1. The second-order valence-corrected chi connectivity index (χ2v) is 4.89. The molecule has 0 aliphatic rings. The van der Waals surface area contributed by atoms with E-state index in [4.69, 9.17) is 4.74 Å². The third kappa shape index (κ3) is 7.67. The summed E-state index contributed by atoms with van der Waals surface area (Å²) in [6.07, 6.45) is 4.58. The molecule has 0 amide bonds. The van der Waals surface area contributed by atoms with Gasteiger partial charge in [0.2, 0.25) is 0 Å². The smallest absolute Gasteiger partial charge is 0.0807 e. The number of aliphatic hydroxyl groups excluding tert-OH is 1. The molecule has 0 aliphatic carbocycles. The summed E-state index contributed by atoms with van der Waals surface area (Å²) in [5.41, 5.74) is 0. The maximum Gasteiger partial charge on any atom is 0.0807 e. The summed E-state index contributed by atoms with van der Waals surface area (Å²) in [5, 5.41) is 9.60. The monoisotopic (exact) mass is 224 g/mol. The molecule has 0 fully saturated rings. The Morgan fingerprint density at radius 3 is 2.38 bits per heavy atom. The van der Waals surface area contributed by atoms with Crippen molar-refractivity contribution >= 4 is 23.5 Å². The molecule has 2 nitrogen and oxygen atoms in total. The molecule has 80 valence electrons. The van der Waals surface area contributed by atoms with Gasteiger partial charge in [0, 0.05) is 5.75 Å². The van der Waals surface area contributed by atoms with Gasteiger partial charge >= 0.3 is 0 Å². The Bertz CT molecular complexity index is 112. The highest BCUT2D eigenvalue weighted by molar-refractivity contribution is 7.98. The maximum absolute atomic E-state index is 9.60. The average molecular weight is 224 g/mol. The van der Waals surface area contributed by atoms with Gasteiger partial charge in [0.25, 0.3) is 0 Å². The highest BCUT2D eigenvalue weighted by Crippen LogP contribution is 2.07. The summed E-state index contributed by atoms with van der Waals surface area (Å²) >= 11 is 3.52. The molecule has 13 heavy (non-hydrogen) atoms. The molecule has 0 radical (unpaired) electrons. The molecule has 0 bridgehead atoms. The molecule has 0 saturated heterocycles. The predicted molar refractivity (Wildman–Crippen MR) is 62.8 cm³/mol. The van der Waals surface area contributed by atoms with E-state index in [2.05, 4.69) is 6.26 Å². The molecule has 0 aromatic rings. The molecule has 0 rings (SSSR count). The Morgan fingerprint density at radius 2 is 1.85 bits per heavy atom. The number of ether oxygens (including phenoxy) is 1. The van der Waals surface area contributed by atoms with Crippen LogP contribution in [0.3, 0.4) is 0 Å². The van der Waals surface area contributed by atoms with Crippen molar-refractivity contribution in [1.29, 1.82) is 0 Å². The van der Waals surface area contributed by atoms with E-state index in [1.165, 1.54) is 0 Å². The van der Waals surface area contributed by atoms with Gasteiger partial charge in [-0.05, 0) is 31.6 Å². The van der Waals surface area contributed by atoms with E-state index < -0.39 is 0 Å². The topological polar surface area (TPSA) is 29.5 Å². The van der Waals surface area contributed by atoms with Crippen LogP contribution in [-0.4, -0.2) is 47.9 Å². The van der Waals surface area contributed by atoms with Gasteiger partial charge in [-0.1, -0.05) is 0 Å². The highest BCUT2D eigenvalue weighted by Gasteiger charge is 2.13. The minimum absolute atomic E-state index is 0.0284. The third-order valence-electron chi connectivity index (χ3n) is 1.83. The lowest BCUT2D eigenvalue weighted by atomic mass is 10.2. The van der Waals surface area contributed by atoms with Crippen molar-refractivity contribution < 1.29 is 9.84 Å². The van der Waals surface area contributed by atoms with E-state index in [0.29, 0.717) is 0 Å². The summed E-state index contributed by atoms with van der Waals surface area (Å²) in [5.74, 6) is 2.00. The molecule has 0 spiro atoms. The van der Waals surface area contributed by atoms with Crippen LogP contribution in [0.5, 0.6) is 0 Å². The lowest BCUT2D eigenvalue weighted by molar-refractivity contribution is -0.0210. The fourth-order valence-corrected chi connectivity index (χ4v) is 1.64. The first-order valence-corrected chi connectivity index (χ1v) is 7.28. The van der Waals surface area contributed by atoms with Crippen LogP contribution in [0.1, 0.15) is 13.3 Å². The van der Waals surface area contributed by atoms with Gasteiger partial charge in [-0.15, -0.1) is 0 Å². The van der Waals surface area contributed by atoms with Crippen LogP contribution >= 0.6 is 23.5 Å². The number of thioether (sulfide) groups is 2. The first-order chi connectivity index (χ1) is 6.22. The predicted octanol–water partition coefficient (Wildman–Crippen LogP) is 1.87. The van der Waals surface area contributed by atoms with Crippen LogP contribution in [0.15, 0.2) is 0 Å². The van der Waals surface area contributed by atoms with Gasteiger partial charge in [-0.2, -0.15) is 23.5 Å². The summed E-state index contributed by atoms with van der Waals surface area (Å²) < 4.78 is 5.46. The summed E-state index contributed by atoms with van der Waals surface area (Å²) in [7, 11) is 0. The second kappa shape index (κ2) is 9.19. The zero-order valence-corrected chi connectivity index (χ0v) is 10.3. The molecule has 0 aliphatic heterocycles. The second-order valence-electron chi connectivity index (χ2n) is 2.92. The summed E-state index contributed by atoms with van der Waals surface area (Å²) in [4.78, 5) is 0. The van der Waals surface area contributed by atoms with Crippen LogP contribution in [-0.2, 0) is 4.74 Å². The Balaban J connectivity index is 3.38. The van der Waals surface area contributed by atoms with Crippen molar-refractivity contribution in [2.24, 2.45) is 0 Å². The zero-order chi connectivity index (χ0) is 10.1. The van der Waals surface area contributed by atoms with E-state index in [1.807, 2.05) is 13.2 Å². The number of rotatable bonds is 8. The van der Waals surface area contributed by atoms with Crippen LogP contribution in [0.2, 0.25) is 0 Å². The molecule has 2 unspecified atom stereocenters. The normalized spacial score (nSPS) is 15.7. The van der Waals surface area contributed by atoms with E-state index in [1.54, 1.807) is 23.5 Å². The van der Waals surface area contributed by atoms with Crippen molar-refractivity contribution in [3.8, 4) is 0 Å². The molecule has 1 N–H and O–H groups in total. The van der Waals surface area contributed by atoms with Gasteiger partial charge in [0.15, 0.2) is 0 Å². The summed E-state index contributed by atoms with van der Waals surface area (Å²) in [6.45, 7) is 2.67. The maximum atomic E-state index is 9.60. The Hall–Kier alpha value is 0.620. The molecule has 4 heteroatoms. The Morgan fingerprint density at radius 1 is 1.23 bits per heavy atom. The van der Waals surface area contributed by atoms with Crippen molar-refractivity contribution in [2.45, 2.75) is 25.6 Å². The first-order valence-electron chi connectivity index (χ1n) is 4.50. The first kappa shape index (κ1) is 13.6. The Kier molecular flexibility index (Phi) is 9.62. The molecular weight excluding hydrogens is 204 g/mol. The number of hydrogen-bond donors (Lipinski definition) is 1. The van der Waals surface area contributed by atoms with E-state index in [-0.39, 0.29) is 12.2 Å². The van der Waals surface area contributed by atoms with Gasteiger partial charge < -0.3 is 9.84 Å². The molecule has 0 saturated carbocycles. The van der Waals surface area contributed by atoms with Gasteiger partial charge in [-0.25, -0.2) is 0 Å². The van der Waals surface area contributed by atoms with Crippen LogP contribution in [0, 0.1) is 0 Å². The van der Waals surface area contributed by atoms with Gasteiger partial charge in [0.1, 0.15) is 0 Å². The minimum Gasteiger partial charge on any atom is -0.390 e. The van der Waals surface area contributed by atoms with Gasteiger partial charge in [-0.3, -0.25) is 0 Å². The van der Waals surface area contributed by atoms with Crippen LogP contribution in [0.4, 0.5) is 0 Å². The SMILES string of the molecule is CSCCOC(C)C(O)CCSC. The minimum atomic E-state index is -0.311. The van der Waals surface area contributed by atoms with Crippen molar-refractivity contribution in [1.82, 2.24) is 0 Å². The van der Waals surface area contributed by atoms with Crippen LogP contribution < -0.4 is 0 Å². The highest BCUT2D eigenvalue weighted by atomic mass is 32.2. The van der Waals surface area contributed by atoms with E-state index in [9.17, 15) is 5.11 Å². The molecule has 2 atom stereocenters. The third-order valence-corrected chi connectivity index (χ3v) is 3.05. The average Bonchev–Trinajstić information content (AvgIpc) is 2.14. The van der Waals surface area contributed by atoms with Crippen molar-refractivity contribution in [3.05, 3.63) is 0 Å². The zero-order valence-electron chi connectivity index (χ0n) is 8.66. The van der Waals surface area contributed by atoms with E-state index >= 15 is 0 Å². The number of hydrogen-bond acceptors (Lipinski definition) is 4.